The first kappa shape index (κ1) is 10.9. The molecule has 1 aromatic carbocycles. The van der Waals surface area contributed by atoms with Crippen LogP contribution in [0.1, 0.15) is 0 Å². The highest BCUT2D eigenvalue weighted by Crippen LogP contribution is 2.29. The summed E-state index contributed by atoms with van der Waals surface area (Å²) in [4.78, 5) is 15.7. The number of fused-ring (bicyclic) bond motifs is 1. The molecule has 0 radical (unpaired) electrons. The average Bonchev–Trinajstić information content (AvgIpc) is 2.75. The van der Waals surface area contributed by atoms with E-state index >= 15 is 0 Å². The molecule has 4 nitrogen and oxygen atoms in total. The molecular weight excluding hydrogens is 348 g/mol. The summed E-state index contributed by atoms with van der Waals surface area (Å²) in [7, 11) is 0. The number of benzene rings is 1. The lowest BCUT2D eigenvalue weighted by Crippen LogP contribution is -1.82. The largest absolute Gasteiger partial charge is 0.335 e. The van der Waals surface area contributed by atoms with Gasteiger partial charge in [-0.05, 0) is 18.2 Å². The molecule has 6 heteroatoms. The van der Waals surface area contributed by atoms with Crippen LogP contribution >= 0.6 is 31.9 Å². The van der Waals surface area contributed by atoms with Crippen molar-refractivity contribution < 1.29 is 0 Å². The van der Waals surface area contributed by atoms with Gasteiger partial charge in [0.05, 0.1) is 6.20 Å². The molecule has 2 aromatic heterocycles. The maximum Gasteiger partial charge on any atom is 0.181 e. The Kier molecular flexibility index (Phi) is 2.68. The van der Waals surface area contributed by atoms with E-state index in [2.05, 4.69) is 51.8 Å². The predicted molar refractivity (Wildman–Crippen MR) is 72.5 cm³/mol. The minimum absolute atomic E-state index is 0.668. The highest BCUT2D eigenvalue weighted by atomic mass is 79.9. The Balaban J connectivity index is 2.23. The first-order chi connectivity index (χ1) is 8.24. The Morgan fingerprint density at radius 2 is 2.06 bits per heavy atom. The monoisotopic (exact) mass is 352 g/mol. The van der Waals surface area contributed by atoms with Crippen LogP contribution in [-0.4, -0.2) is 19.9 Å². The van der Waals surface area contributed by atoms with Crippen molar-refractivity contribution in [3.05, 3.63) is 39.7 Å². The van der Waals surface area contributed by atoms with Crippen LogP contribution in [0.4, 0.5) is 0 Å². The number of aromatic nitrogens is 4. The number of nitrogens with one attached hydrogen (secondary N) is 1. The van der Waals surface area contributed by atoms with Gasteiger partial charge in [0.2, 0.25) is 0 Å². The molecule has 3 aromatic rings. The van der Waals surface area contributed by atoms with Crippen LogP contribution in [0.5, 0.6) is 0 Å². The van der Waals surface area contributed by atoms with Gasteiger partial charge in [-0.2, -0.15) is 0 Å². The maximum absolute atomic E-state index is 4.43. The molecule has 2 heterocycles. The lowest BCUT2D eigenvalue weighted by molar-refractivity contribution is 1.20. The van der Waals surface area contributed by atoms with Crippen LogP contribution in [-0.2, 0) is 0 Å². The molecule has 0 aliphatic rings. The molecular formula is C11H6Br2N4. The Hall–Kier alpha value is -1.27. The second-order valence-electron chi connectivity index (χ2n) is 3.47. The molecule has 0 saturated heterocycles. The van der Waals surface area contributed by atoms with Gasteiger partial charge in [0.25, 0.3) is 0 Å². The molecule has 0 spiro atoms. The summed E-state index contributed by atoms with van der Waals surface area (Å²) in [5.41, 5.74) is 2.48. The van der Waals surface area contributed by atoms with E-state index in [9.17, 15) is 0 Å². The second-order valence-corrected chi connectivity index (χ2v) is 5.24. The van der Waals surface area contributed by atoms with Crippen molar-refractivity contribution in [1.29, 1.82) is 0 Å². The third-order valence-corrected chi connectivity index (χ3v) is 3.53. The fraction of sp³-hybridized carbons (Fsp3) is 0. The van der Waals surface area contributed by atoms with Crippen molar-refractivity contribution in [2.24, 2.45) is 0 Å². The van der Waals surface area contributed by atoms with Crippen molar-refractivity contribution in [2.45, 2.75) is 0 Å². The maximum atomic E-state index is 4.43. The Bertz CT molecular complexity index is 660. The van der Waals surface area contributed by atoms with E-state index in [0.29, 0.717) is 5.65 Å². The Morgan fingerprint density at radius 3 is 2.88 bits per heavy atom. The average molecular weight is 354 g/mol. The quantitative estimate of drug-likeness (QED) is 0.727. The zero-order chi connectivity index (χ0) is 11.8. The topological polar surface area (TPSA) is 54.5 Å². The van der Waals surface area contributed by atoms with E-state index in [-0.39, 0.29) is 0 Å². The molecule has 0 unspecified atom stereocenters. The van der Waals surface area contributed by atoms with Gasteiger partial charge < -0.3 is 4.98 Å². The lowest BCUT2D eigenvalue weighted by atomic mass is 10.2. The number of hydrogen-bond donors (Lipinski definition) is 1. The van der Waals surface area contributed by atoms with Gasteiger partial charge in [0.15, 0.2) is 5.65 Å². The summed E-state index contributed by atoms with van der Waals surface area (Å²) in [6.07, 6.45) is 3.20. The minimum Gasteiger partial charge on any atom is -0.335 e. The van der Waals surface area contributed by atoms with E-state index in [1.165, 1.54) is 6.33 Å². The minimum atomic E-state index is 0.668. The van der Waals surface area contributed by atoms with Crippen molar-refractivity contribution in [2.75, 3.05) is 0 Å². The van der Waals surface area contributed by atoms with Crippen molar-refractivity contribution in [3.63, 3.8) is 0 Å². The van der Waals surface area contributed by atoms with Crippen LogP contribution in [0.2, 0.25) is 0 Å². The molecule has 1 N–H and O–H groups in total. The number of halogens is 2. The summed E-state index contributed by atoms with van der Waals surface area (Å²) in [6, 6.07) is 5.93. The van der Waals surface area contributed by atoms with Gasteiger partial charge in [-0.25, -0.2) is 15.0 Å². The Morgan fingerprint density at radius 1 is 1.18 bits per heavy atom. The molecule has 3 rings (SSSR count). The van der Waals surface area contributed by atoms with E-state index in [1.54, 1.807) is 6.20 Å². The van der Waals surface area contributed by atoms with E-state index in [0.717, 1.165) is 25.8 Å². The summed E-state index contributed by atoms with van der Waals surface area (Å²) in [5.74, 6) is 0.772. The van der Waals surface area contributed by atoms with Gasteiger partial charge in [0.1, 0.15) is 17.7 Å². The highest BCUT2D eigenvalue weighted by molar-refractivity contribution is 9.11. The first-order valence-corrected chi connectivity index (χ1v) is 6.44. The fourth-order valence-electron chi connectivity index (χ4n) is 1.57. The van der Waals surface area contributed by atoms with Gasteiger partial charge in [-0.1, -0.05) is 31.9 Å². The number of hydrogen-bond acceptors (Lipinski definition) is 3. The predicted octanol–water partition coefficient (Wildman–Crippen LogP) is 3.54. The normalized spacial score (nSPS) is 10.9. The molecule has 0 bridgehead atoms. The molecule has 17 heavy (non-hydrogen) atoms. The molecule has 84 valence electrons. The highest BCUT2D eigenvalue weighted by Gasteiger charge is 2.09. The number of imidazole rings is 1. The van der Waals surface area contributed by atoms with Crippen molar-refractivity contribution >= 4 is 43.0 Å². The zero-order valence-electron chi connectivity index (χ0n) is 8.48. The third-order valence-electron chi connectivity index (χ3n) is 2.35. The van der Waals surface area contributed by atoms with Crippen LogP contribution in [0, 0.1) is 0 Å². The molecule has 0 aliphatic carbocycles. The van der Waals surface area contributed by atoms with Gasteiger partial charge in [-0.15, -0.1) is 0 Å². The third kappa shape index (κ3) is 1.98. The van der Waals surface area contributed by atoms with E-state index in [4.69, 9.17) is 0 Å². The number of H-pyrrole nitrogens is 1. The number of rotatable bonds is 1. The molecule has 0 saturated carbocycles. The molecule has 0 atom stereocenters. The van der Waals surface area contributed by atoms with Gasteiger partial charge in [-0.3, -0.25) is 0 Å². The van der Waals surface area contributed by atoms with Crippen LogP contribution in [0.3, 0.4) is 0 Å². The summed E-state index contributed by atoms with van der Waals surface area (Å²) < 4.78 is 1.98. The van der Waals surface area contributed by atoms with E-state index in [1.807, 2.05) is 18.2 Å². The number of aromatic amines is 1. The van der Waals surface area contributed by atoms with Gasteiger partial charge in [0, 0.05) is 14.5 Å². The summed E-state index contributed by atoms with van der Waals surface area (Å²) in [5, 5.41) is 0. The zero-order valence-corrected chi connectivity index (χ0v) is 11.7. The van der Waals surface area contributed by atoms with E-state index < -0.39 is 0 Å². The van der Waals surface area contributed by atoms with Crippen LogP contribution < -0.4 is 0 Å². The standard InChI is InChI=1S/C11H6Br2N4/c12-6-1-2-8(13)7(3-6)10-16-9-4-14-5-15-11(9)17-10/h1-5H,(H,14,15,16,17). The number of nitrogens with zero attached hydrogens (tertiary/aromatic N) is 3. The van der Waals surface area contributed by atoms with Crippen molar-refractivity contribution in [3.8, 4) is 11.4 Å². The molecule has 0 fully saturated rings. The fourth-order valence-corrected chi connectivity index (χ4v) is 2.36. The molecule has 0 aliphatic heterocycles. The van der Waals surface area contributed by atoms with Gasteiger partial charge >= 0.3 is 0 Å². The second kappa shape index (κ2) is 4.19. The summed E-state index contributed by atoms with van der Waals surface area (Å²) in [6.45, 7) is 0. The lowest BCUT2D eigenvalue weighted by Gasteiger charge is -2.00. The molecule has 0 amide bonds. The summed E-state index contributed by atoms with van der Waals surface area (Å²) >= 11 is 6.95. The van der Waals surface area contributed by atoms with Crippen molar-refractivity contribution in [1.82, 2.24) is 19.9 Å². The Labute approximate surface area is 114 Å². The SMILES string of the molecule is Brc1ccc(Br)c(-c2nc3ncncc3[nH]2)c1. The first-order valence-electron chi connectivity index (χ1n) is 4.85. The van der Waals surface area contributed by atoms with Crippen LogP contribution in [0.15, 0.2) is 39.7 Å². The van der Waals surface area contributed by atoms with Crippen LogP contribution in [0.25, 0.3) is 22.6 Å². The smallest absolute Gasteiger partial charge is 0.181 e.